The lowest BCUT2D eigenvalue weighted by atomic mass is 9.93. The highest BCUT2D eigenvalue weighted by Gasteiger charge is 2.91. The Labute approximate surface area is 100 Å². The number of ether oxygens (including phenoxy) is 1. The van der Waals surface area contributed by atoms with Crippen LogP contribution in [0.15, 0.2) is 0 Å². The van der Waals surface area contributed by atoms with Crippen LogP contribution in [-0.4, -0.2) is 49.6 Å². The molecule has 1 unspecified atom stereocenters. The predicted octanol–water partition coefficient (Wildman–Crippen LogP) is -0.633. The van der Waals surface area contributed by atoms with Crippen LogP contribution >= 0.6 is 0 Å². The molecule has 4 N–H and O–H groups in total. The van der Waals surface area contributed by atoms with E-state index in [1.54, 1.807) is 27.7 Å². The molecule has 0 spiro atoms. The lowest BCUT2D eigenvalue weighted by Gasteiger charge is -2.26. The van der Waals surface area contributed by atoms with Crippen LogP contribution in [0, 0.1) is 10.8 Å². The summed E-state index contributed by atoms with van der Waals surface area (Å²) in [4.78, 5) is 0. The zero-order valence-corrected chi connectivity index (χ0v) is 10.6. The summed E-state index contributed by atoms with van der Waals surface area (Å²) in [6, 6.07) is 0. The molecule has 0 bridgehead atoms. The number of fused-ring (bicyclic) bond motifs is 1. The normalized spacial score (nSPS) is 62.1. The van der Waals surface area contributed by atoms with Gasteiger partial charge in [0.2, 0.25) is 5.79 Å². The number of hydrogen-bond acceptors (Lipinski definition) is 5. The minimum atomic E-state index is -1.60. The maximum absolute atomic E-state index is 10.4. The average Bonchev–Trinajstić information content (AvgIpc) is 2.68. The van der Waals surface area contributed by atoms with Gasteiger partial charge in [-0.3, -0.25) is 0 Å². The van der Waals surface area contributed by atoms with Crippen LogP contribution in [0.2, 0.25) is 0 Å². The Balaban J connectivity index is 1.86. The summed E-state index contributed by atoms with van der Waals surface area (Å²) >= 11 is 0. The summed E-state index contributed by atoms with van der Waals surface area (Å²) in [7, 11) is 0. The second-order valence-electron chi connectivity index (χ2n) is 6.89. The minimum Gasteiger partial charge on any atom is -0.389 e. The molecule has 5 atom stereocenters. The van der Waals surface area contributed by atoms with E-state index in [0.29, 0.717) is 0 Å². The molecule has 0 aromatic heterocycles. The minimum absolute atomic E-state index is 0.146. The SMILES string of the molecule is CC1(C)C(O)[C@@]1(O)[C@@H]1C[C@]2(O)C(C)(C)[C@]2(O)O1. The Bertz CT molecular complexity index is 386. The topological polar surface area (TPSA) is 90.2 Å². The smallest absolute Gasteiger partial charge is 0.204 e. The van der Waals surface area contributed by atoms with E-state index in [1.807, 2.05) is 0 Å². The third-order valence-electron chi connectivity index (χ3n) is 5.71. The highest BCUT2D eigenvalue weighted by molar-refractivity contribution is 5.36. The third-order valence-corrected chi connectivity index (χ3v) is 5.71. The molecule has 2 saturated carbocycles. The van der Waals surface area contributed by atoms with E-state index in [4.69, 9.17) is 4.74 Å². The molecule has 1 saturated heterocycles. The maximum Gasteiger partial charge on any atom is 0.204 e. The standard InChI is InChI=1S/C12H20O5/c1-8(2)7(13)11(8,15)6-5-10(14)9(3,4)12(10,16)17-6/h6-7,13-16H,5H2,1-4H3/t6-,7?,10-,11-,12-/m0/s1. The van der Waals surface area contributed by atoms with Crippen molar-refractivity contribution in [2.75, 3.05) is 0 Å². The molecule has 1 heterocycles. The van der Waals surface area contributed by atoms with Crippen LogP contribution in [0.4, 0.5) is 0 Å². The first-order valence-corrected chi connectivity index (χ1v) is 6.00. The Morgan fingerprint density at radius 1 is 1.06 bits per heavy atom. The van der Waals surface area contributed by atoms with Gasteiger partial charge in [-0.05, 0) is 0 Å². The fraction of sp³-hybridized carbons (Fsp3) is 1.00. The molecule has 5 heteroatoms. The van der Waals surface area contributed by atoms with Crippen molar-refractivity contribution in [1.82, 2.24) is 0 Å². The monoisotopic (exact) mass is 244 g/mol. The van der Waals surface area contributed by atoms with Gasteiger partial charge >= 0.3 is 0 Å². The van der Waals surface area contributed by atoms with E-state index in [1.165, 1.54) is 0 Å². The fourth-order valence-corrected chi connectivity index (χ4v) is 3.61. The molecule has 3 aliphatic rings. The number of aliphatic hydroxyl groups excluding tert-OH is 1. The van der Waals surface area contributed by atoms with Crippen molar-refractivity contribution in [2.24, 2.45) is 10.8 Å². The lowest BCUT2D eigenvalue weighted by Crippen LogP contribution is -2.39. The van der Waals surface area contributed by atoms with Gasteiger partial charge in [0.1, 0.15) is 11.2 Å². The molecule has 0 aromatic carbocycles. The summed E-state index contributed by atoms with van der Waals surface area (Å²) in [5, 5.41) is 40.7. The molecule has 1 aliphatic heterocycles. The zero-order chi connectivity index (χ0) is 13.1. The molecule has 17 heavy (non-hydrogen) atoms. The van der Waals surface area contributed by atoms with E-state index < -0.39 is 40.0 Å². The van der Waals surface area contributed by atoms with Gasteiger partial charge in [-0.25, -0.2) is 0 Å². The van der Waals surface area contributed by atoms with Gasteiger partial charge in [-0.15, -0.1) is 0 Å². The van der Waals surface area contributed by atoms with Gasteiger partial charge in [-0.2, -0.15) is 0 Å². The molecule has 5 nitrogen and oxygen atoms in total. The van der Waals surface area contributed by atoms with E-state index in [2.05, 4.69) is 0 Å². The number of rotatable bonds is 1. The largest absolute Gasteiger partial charge is 0.389 e. The van der Waals surface area contributed by atoms with Crippen molar-refractivity contribution < 1.29 is 25.2 Å². The van der Waals surface area contributed by atoms with E-state index in [9.17, 15) is 20.4 Å². The van der Waals surface area contributed by atoms with Crippen LogP contribution < -0.4 is 0 Å². The van der Waals surface area contributed by atoms with Crippen molar-refractivity contribution in [3.05, 3.63) is 0 Å². The van der Waals surface area contributed by atoms with Crippen LogP contribution in [0.25, 0.3) is 0 Å². The molecular formula is C12H20O5. The van der Waals surface area contributed by atoms with Gasteiger partial charge in [0.25, 0.3) is 0 Å². The van der Waals surface area contributed by atoms with Gasteiger partial charge in [0.15, 0.2) is 0 Å². The molecule has 3 fully saturated rings. The number of hydrogen-bond donors (Lipinski definition) is 4. The first kappa shape index (κ1) is 11.9. The van der Waals surface area contributed by atoms with E-state index in [-0.39, 0.29) is 6.42 Å². The molecule has 0 radical (unpaired) electrons. The average molecular weight is 244 g/mol. The van der Waals surface area contributed by atoms with Gasteiger partial charge in [0, 0.05) is 11.8 Å². The Morgan fingerprint density at radius 3 is 1.82 bits per heavy atom. The number of aliphatic hydroxyl groups is 4. The van der Waals surface area contributed by atoms with Crippen LogP contribution in [0.1, 0.15) is 34.1 Å². The summed E-state index contributed by atoms with van der Waals surface area (Å²) in [6.45, 7) is 6.93. The Kier molecular flexibility index (Phi) is 1.69. The van der Waals surface area contributed by atoms with Crippen LogP contribution in [0.5, 0.6) is 0 Å². The second kappa shape index (κ2) is 2.42. The maximum atomic E-state index is 10.4. The van der Waals surface area contributed by atoms with Crippen molar-refractivity contribution >= 4 is 0 Å². The van der Waals surface area contributed by atoms with E-state index in [0.717, 1.165) is 0 Å². The Morgan fingerprint density at radius 2 is 1.53 bits per heavy atom. The first-order valence-electron chi connectivity index (χ1n) is 6.00. The zero-order valence-electron chi connectivity index (χ0n) is 10.6. The predicted molar refractivity (Wildman–Crippen MR) is 57.9 cm³/mol. The first-order chi connectivity index (χ1) is 7.47. The van der Waals surface area contributed by atoms with Crippen molar-refractivity contribution in [2.45, 2.75) is 63.3 Å². The van der Waals surface area contributed by atoms with Gasteiger partial charge in [-0.1, -0.05) is 27.7 Å². The Hall–Kier alpha value is -0.200. The van der Waals surface area contributed by atoms with Crippen LogP contribution in [0.3, 0.4) is 0 Å². The van der Waals surface area contributed by atoms with Crippen molar-refractivity contribution in [3.8, 4) is 0 Å². The molecular weight excluding hydrogens is 224 g/mol. The fourth-order valence-electron chi connectivity index (χ4n) is 3.61. The quantitative estimate of drug-likeness (QED) is 0.493. The van der Waals surface area contributed by atoms with Gasteiger partial charge in [0.05, 0.1) is 17.6 Å². The van der Waals surface area contributed by atoms with Gasteiger partial charge < -0.3 is 25.2 Å². The van der Waals surface area contributed by atoms with Crippen LogP contribution in [-0.2, 0) is 4.74 Å². The second-order valence-corrected chi connectivity index (χ2v) is 6.89. The summed E-state index contributed by atoms with van der Waals surface area (Å²) < 4.78 is 5.47. The summed E-state index contributed by atoms with van der Waals surface area (Å²) in [6.07, 6.45) is -1.46. The van der Waals surface area contributed by atoms with Crippen molar-refractivity contribution in [3.63, 3.8) is 0 Å². The molecule has 3 rings (SSSR count). The van der Waals surface area contributed by atoms with E-state index >= 15 is 0 Å². The molecule has 2 aliphatic carbocycles. The highest BCUT2D eigenvalue weighted by atomic mass is 16.7. The summed E-state index contributed by atoms with van der Waals surface area (Å²) in [5.74, 6) is -1.60. The molecule has 0 aromatic rings. The third kappa shape index (κ3) is 0.841. The molecule has 98 valence electrons. The highest BCUT2D eigenvalue weighted by Crippen LogP contribution is 2.75. The molecule has 0 amide bonds. The lowest BCUT2D eigenvalue weighted by molar-refractivity contribution is -0.198. The van der Waals surface area contributed by atoms with Crippen molar-refractivity contribution in [1.29, 1.82) is 0 Å². The summed E-state index contributed by atoms with van der Waals surface area (Å²) in [5.41, 5.74) is -4.08.